The van der Waals surface area contributed by atoms with Crippen LogP contribution in [-0.2, 0) is 14.5 Å². The van der Waals surface area contributed by atoms with E-state index in [1.54, 1.807) is 0 Å². The number of hydrogen-bond donors (Lipinski definition) is 4. The van der Waals surface area contributed by atoms with Crippen LogP contribution in [0.4, 0.5) is 10.2 Å². The maximum atomic E-state index is 14.3. The smallest absolute Gasteiger partial charge is 0.333 e. The summed E-state index contributed by atoms with van der Waals surface area (Å²) in [5.74, 6) is -1.48. The molecule has 5 N–H and O–H groups in total. The molecule has 0 radical (unpaired) electrons. The van der Waals surface area contributed by atoms with Gasteiger partial charge in [-0.15, -0.1) is 11.3 Å². The number of carbonyl (C=O) groups excluding carboxylic acids is 1. The van der Waals surface area contributed by atoms with Crippen molar-refractivity contribution in [2.45, 2.75) is 31.1 Å². The van der Waals surface area contributed by atoms with Gasteiger partial charge < -0.3 is 15.5 Å². The second kappa shape index (κ2) is 11.3. The highest BCUT2D eigenvalue weighted by molar-refractivity contribution is 7.84. The van der Waals surface area contributed by atoms with E-state index in [9.17, 15) is 27.8 Å². The standard InChI is InChI=1S/C22H21Cl2FN4O6S2/c23-11-1-2-16(25)13(4-11)19(31)14-6-18(36-21(14)24)20(32)15-7-27-9-28-22(15)29-12-3-10(17(30)5-12)8-35-37(26,33)34/h1-2,4,6-7,9-10,12,17,19,30-31H,3,5,8H2,(H2,26,33,34)(H,27,28,29)/t10-,12-,17+,19-/m1/s1. The highest BCUT2D eigenvalue weighted by Gasteiger charge is 2.35. The second-order valence-corrected chi connectivity index (χ2v) is 11.8. The van der Waals surface area contributed by atoms with E-state index in [0.29, 0.717) is 6.42 Å². The molecule has 2 heterocycles. The molecule has 198 valence electrons. The normalized spacial score (nSPS) is 20.6. The van der Waals surface area contributed by atoms with Gasteiger partial charge in [0.15, 0.2) is 0 Å². The third-order valence-electron chi connectivity index (χ3n) is 5.89. The molecule has 0 bridgehead atoms. The number of benzene rings is 1. The number of anilines is 1. The van der Waals surface area contributed by atoms with E-state index in [-0.39, 0.29) is 55.8 Å². The van der Waals surface area contributed by atoms with Gasteiger partial charge in [-0.1, -0.05) is 23.2 Å². The number of thiophene rings is 1. The van der Waals surface area contributed by atoms with E-state index in [0.717, 1.165) is 17.4 Å². The molecule has 2 aromatic heterocycles. The number of ketones is 1. The lowest BCUT2D eigenvalue weighted by Gasteiger charge is -2.15. The summed E-state index contributed by atoms with van der Waals surface area (Å²) in [5, 5.41) is 29.2. The van der Waals surface area contributed by atoms with E-state index in [2.05, 4.69) is 19.5 Å². The van der Waals surface area contributed by atoms with Crippen molar-refractivity contribution >= 4 is 56.4 Å². The molecule has 1 aromatic carbocycles. The third-order valence-corrected chi connectivity index (χ3v) is 7.97. The fourth-order valence-corrected chi connectivity index (χ4v) is 5.91. The van der Waals surface area contributed by atoms with Gasteiger partial charge in [0, 0.05) is 34.3 Å². The van der Waals surface area contributed by atoms with Crippen LogP contribution in [0.1, 0.15) is 45.3 Å². The third kappa shape index (κ3) is 6.62. The van der Waals surface area contributed by atoms with Crippen molar-refractivity contribution in [2.75, 3.05) is 11.9 Å². The van der Waals surface area contributed by atoms with Crippen LogP contribution in [0.2, 0.25) is 9.36 Å². The van der Waals surface area contributed by atoms with E-state index < -0.39 is 40.0 Å². The summed E-state index contributed by atoms with van der Waals surface area (Å²) >= 11 is 13.1. The number of hydrogen-bond acceptors (Lipinski definition) is 10. The minimum absolute atomic E-state index is 0.0858. The summed E-state index contributed by atoms with van der Waals surface area (Å²) in [5.41, 5.74) is 0.158. The number of rotatable bonds is 9. The number of aliphatic hydroxyl groups is 2. The van der Waals surface area contributed by atoms with Gasteiger partial charge in [0.05, 0.1) is 27.5 Å². The molecule has 0 spiro atoms. The molecule has 0 aliphatic heterocycles. The molecule has 1 fully saturated rings. The van der Waals surface area contributed by atoms with Gasteiger partial charge in [-0.3, -0.25) is 8.98 Å². The number of aliphatic hydroxyl groups excluding tert-OH is 2. The van der Waals surface area contributed by atoms with Gasteiger partial charge in [0.1, 0.15) is 24.1 Å². The van der Waals surface area contributed by atoms with Crippen LogP contribution in [0.25, 0.3) is 0 Å². The zero-order valence-electron chi connectivity index (χ0n) is 18.8. The van der Waals surface area contributed by atoms with Crippen molar-refractivity contribution in [1.29, 1.82) is 0 Å². The molecule has 10 nitrogen and oxygen atoms in total. The Bertz CT molecular complexity index is 1420. The lowest BCUT2D eigenvalue weighted by atomic mass is 10.0. The number of carbonyl (C=O) groups is 1. The van der Waals surface area contributed by atoms with E-state index in [4.69, 9.17) is 28.3 Å². The Hall–Kier alpha value is -2.23. The highest BCUT2D eigenvalue weighted by Crippen LogP contribution is 2.38. The number of nitrogens with one attached hydrogen (secondary N) is 1. The van der Waals surface area contributed by atoms with Crippen LogP contribution in [0.3, 0.4) is 0 Å². The molecule has 1 saturated carbocycles. The van der Waals surface area contributed by atoms with Crippen molar-refractivity contribution in [1.82, 2.24) is 9.97 Å². The predicted octanol–water partition coefficient (Wildman–Crippen LogP) is 3.07. The second-order valence-electron chi connectivity index (χ2n) is 8.44. The minimum Gasteiger partial charge on any atom is -0.393 e. The summed E-state index contributed by atoms with van der Waals surface area (Å²) in [7, 11) is -4.14. The minimum atomic E-state index is -4.14. The van der Waals surface area contributed by atoms with E-state index in [1.807, 2.05) is 0 Å². The predicted molar refractivity (Wildman–Crippen MR) is 135 cm³/mol. The lowest BCUT2D eigenvalue weighted by Crippen LogP contribution is -2.24. The number of nitrogens with two attached hydrogens (primary N) is 1. The van der Waals surface area contributed by atoms with Gasteiger partial charge in [-0.05, 0) is 37.1 Å². The SMILES string of the molecule is NS(=O)(=O)OC[C@H]1C[C@@H](Nc2ncncc2C(=O)c2cc([C@H](O)c3cc(Cl)ccc3F)c(Cl)s2)C[C@@H]1O. The molecule has 37 heavy (non-hydrogen) atoms. The summed E-state index contributed by atoms with van der Waals surface area (Å²) in [4.78, 5) is 21.6. The molecule has 0 unspecified atom stereocenters. The van der Waals surface area contributed by atoms with Crippen molar-refractivity contribution < 1.29 is 32.0 Å². The monoisotopic (exact) mass is 590 g/mol. The van der Waals surface area contributed by atoms with Crippen LogP contribution < -0.4 is 10.5 Å². The summed E-state index contributed by atoms with van der Waals surface area (Å²) in [6.07, 6.45) is 0.830. The van der Waals surface area contributed by atoms with E-state index >= 15 is 0 Å². The first kappa shape index (κ1) is 27.8. The zero-order chi connectivity index (χ0) is 26.9. The highest BCUT2D eigenvalue weighted by atomic mass is 35.5. The van der Waals surface area contributed by atoms with Gasteiger partial charge in [-0.2, -0.15) is 8.42 Å². The molecule has 4 atom stereocenters. The molecule has 1 aliphatic rings. The van der Waals surface area contributed by atoms with Crippen LogP contribution >= 0.6 is 34.5 Å². The molecule has 0 saturated heterocycles. The Labute approximate surface area is 225 Å². The van der Waals surface area contributed by atoms with Gasteiger partial charge in [0.2, 0.25) is 5.78 Å². The first-order valence-corrected chi connectivity index (χ1v) is 13.9. The Kier molecular flexibility index (Phi) is 8.45. The van der Waals surface area contributed by atoms with Crippen LogP contribution in [0.5, 0.6) is 0 Å². The van der Waals surface area contributed by atoms with Crippen molar-refractivity contribution in [2.24, 2.45) is 11.1 Å². The topological polar surface area (TPSA) is 165 Å². The Morgan fingerprint density at radius 2 is 2.05 bits per heavy atom. The Morgan fingerprint density at radius 1 is 1.30 bits per heavy atom. The zero-order valence-corrected chi connectivity index (χ0v) is 22.0. The Morgan fingerprint density at radius 3 is 2.78 bits per heavy atom. The number of halogens is 3. The fraction of sp³-hybridized carbons (Fsp3) is 0.318. The summed E-state index contributed by atoms with van der Waals surface area (Å²) < 4.78 is 41.1. The van der Waals surface area contributed by atoms with Crippen molar-refractivity contribution in [3.05, 3.63) is 73.5 Å². The van der Waals surface area contributed by atoms with Gasteiger partial charge >= 0.3 is 10.3 Å². The molecular formula is C22H21Cl2FN4O6S2. The number of nitrogens with zero attached hydrogens (tertiary/aromatic N) is 2. The largest absolute Gasteiger partial charge is 0.393 e. The van der Waals surface area contributed by atoms with Crippen LogP contribution in [0, 0.1) is 11.7 Å². The molecule has 1 aliphatic carbocycles. The van der Waals surface area contributed by atoms with Gasteiger partial charge in [-0.25, -0.2) is 19.5 Å². The van der Waals surface area contributed by atoms with Crippen molar-refractivity contribution in [3.63, 3.8) is 0 Å². The first-order valence-electron chi connectivity index (χ1n) is 10.8. The van der Waals surface area contributed by atoms with Gasteiger partial charge in [0.25, 0.3) is 0 Å². The molecule has 15 heteroatoms. The average molecular weight is 591 g/mol. The molecule has 4 rings (SSSR count). The lowest BCUT2D eigenvalue weighted by molar-refractivity contribution is 0.101. The summed E-state index contributed by atoms with van der Waals surface area (Å²) in [6.45, 7) is -0.278. The summed E-state index contributed by atoms with van der Waals surface area (Å²) in [6, 6.07) is 4.77. The number of aromatic nitrogens is 2. The average Bonchev–Trinajstić information content (AvgIpc) is 3.40. The maximum Gasteiger partial charge on any atom is 0.333 e. The molecule has 0 amide bonds. The van der Waals surface area contributed by atoms with E-state index in [1.165, 1.54) is 30.7 Å². The van der Waals surface area contributed by atoms with Crippen LogP contribution in [0.15, 0.2) is 36.8 Å². The molecular weight excluding hydrogens is 570 g/mol. The quantitative estimate of drug-likeness (QED) is 0.274. The first-order chi connectivity index (χ1) is 17.4. The van der Waals surface area contributed by atoms with Crippen molar-refractivity contribution in [3.8, 4) is 0 Å². The maximum absolute atomic E-state index is 14.3. The fourth-order valence-electron chi connectivity index (χ4n) is 4.09. The molecule has 3 aromatic rings. The Balaban J connectivity index is 1.53. The van der Waals surface area contributed by atoms with Crippen LogP contribution in [-0.4, -0.2) is 53.1 Å².